The van der Waals surface area contributed by atoms with Gasteiger partial charge < -0.3 is 0 Å². The molecule has 0 atom stereocenters. The third-order valence-corrected chi connectivity index (χ3v) is 4.31. The number of sulfone groups is 1. The summed E-state index contributed by atoms with van der Waals surface area (Å²) in [4.78, 5) is 15.8. The second-order valence-corrected chi connectivity index (χ2v) is 6.24. The first kappa shape index (κ1) is 13.7. The average molecular weight is 296 g/mol. The molecule has 0 fully saturated rings. The van der Waals surface area contributed by atoms with E-state index in [0.29, 0.717) is 0 Å². The number of halogens is 1. The lowest BCUT2D eigenvalue weighted by Crippen LogP contribution is -2.16. The molecule has 0 N–H and O–H groups in total. The normalized spacial score (nSPS) is 11.2. The van der Waals surface area contributed by atoms with Gasteiger partial charge in [0.2, 0.25) is 0 Å². The minimum Gasteiger partial charge on any atom is -0.293 e. The highest BCUT2D eigenvalue weighted by molar-refractivity contribution is 7.92. The van der Waals surface area contributed by atoms with Gasteiger partial charge in [0, 0.05) is 11.8 Å². The zero-order chi connectivity index (χ0) is 13.9. The monoisotopic (exact) mass is 295 g/mol. The predicted octanol–water partition coefficient (Wildman–Crippen LogP) is 2.39. The molecule has 0 aliphatic rings. The quantitative estimate of drug-likeness (QED) is 0.642. The van der Waals surface area contributed by atoms with Crippen LogP contribution in [0.4, 0.5) is 0 Å². The van der Waals surface area contributed by atoms with Gasteiger partial charge in [0.05, 0.1) is 4.90 Å². The Morgan fingerprint density at radius 2 is 1.84 bits per heavy atom. The SMILES string of the molecule is O=C(CS(=O)(=O)c1ccccc1)c1ccnc(Cl)c1. The zero-order valence-electron chi connectivity index (χ0n) is 9.78. The summed E-state index contributed by atoms with van der Waals surface area (Å²) >= 11 is 5.66. The van der Waals surface area contributed by atoms with Crippen molar-refractivity contribution in [1.82, 2.24) is 4.98 Å². The van der Waals surface area contributed by atoms with Crippen molar-refractivity contribution in [3.05, 3.63) is 59.4 Å². The highest BCUT2D eigenvalue weighted by Crippen LogP contribution is 2.14. The van der Waals surface area contributed by atoms with Gasteiger partial charge in [0.15, 0.2) is 15.6 Å². The van der Waals surface area contributed by atoms with Crippen LogP contribution in [0.1, 0.15) is 10.4 Å². The topological polar surface area (TPSA) is 64.1 Å². The molecule has 1 heterocycles. The minimum absolute atomic E-state index is 0.128. The van der Waals surface area contributed by atoms with Crippen molar-refractivity contribution in [3.63, 3.8) is 0 Å². The minimum atomic E-state index is -3.63. The fourth-order valence-electron chi connectivity index (χ4n) is 1.54. The van der Waals surface area contributed by atoms with Crippen LogP contribution >= 0.6 is 11.6 Å². The summed E-state index contributed by atoms with van der Waals surface area (Å²) in [6.07, 6.45) is 1.37. The maximum Gasteiger partial charge on any atom is 0.185 e. The van der Waals surface area contributed by atoms with Gasteiger partial charge in [-0.25, -0.2) is 13.4 Å². The van der Waals surface area contributed by atoms with E-state index in [9.17, 15) is 13.2 Å². The van der Waals surface area contributed by atoms with E-state index in [1.165, 1.54) is 30.5 Å². The van der Waals surface area contributed by atoms with E-state index in [2.05, 4.69) is 4.98 Å². The summed E-state index contributed by atoms with van der Waals surface area (Å²) in [5.41, 5.74) is 0.236. The van der Waals surface area contributed by atoms with Gasteiger partial charge in [-0.15, -0.1) is 0 Å². The molecule has 0 radical (unpaired) electrons. The molecule has 19 heavy (non-hydrogen) atoms. The van der Waals surface area contributed by atoms with E-state index in [-0.39, 0.29) is 15.6 Å². The number of carbonyl (C=O) groups is 1. The van der Waals surface area contributed by atoms with Crippen LogP contribution in [0.3, 0.4) is 0 Å². The van der Waals surface area contributed by atoms with Crippen LogP contribution in [0.15, 0.2) is 53.6 Å². The number of Topliss-reactive ketones (excluding diaryl/α,β-unsaturated/α-hetero) is 1. The van der Waals surface area contributed by atoms with Crippen LogP contribution in [-0.2, 0) is 9.84 Å². The predicted molar refractivity (Wildman–Crippen MR) is 72.1 cm³/mol. The Morgan fingerprint density at radius 3 is 2.47 bits per heavy atom. The van der Waals surface area contributed by atoms with Crippen LogP contribution in [0.2, 0.25) is 5.15 Å². The summed E-state index contributed by atoms with van der Waals surface area (Å²) in [5, 5.41) is 0.156. The summed E-state index contributed by atoms with van der Waals surface area (Å²) in [7, 11) is -3.63. The molecule has 1 aromatic heterocycles. The standard InChI is InChI=1S/C13H10ClNO3S/c14-13-8-10(6-7-15-13)12(16)9-19(17,18)11-4-2-1-3-5-11/h1-8H,9H2. The van der Waals surface area contributed by atoms with Crippen LogP contribution in [-0.4, -0.2) is 24.9 Å². The molecule has 1 aromatic carbocycles. The van der Waals surface area contributed by atoms with Crippen molar-refractivity contribution in [1.29, 1.82) is 0 Å². The van der Waals surface area contributed by atoms with E-state index >= 15 is 0 Å². The van der Waals surface area contributed by atoms with Gasteiger partial charge >= 0.3 is 0 Å². The summed E-state index contributed by atoms with van der Waals surface area (Å²) in [6, 6.07) is 10.6. The fourth-order valence-corrected chi connectivity index (χ4v) is 2.97. The van der Waals surface area contributed by atoms with Gasteiger partial charge in [-0.05, 0) is 24.3 Å². The van der Waals surface area contributed by atoms with Gasteiger partial charge in [0.1, 0.15) is 10.9 Å². The number of nitrogens with zero attached hydrogens (tertiary/aromatic N) is 1. The lowest BCUT2D eigenvalue weighted by atomic mass is 10.2. The van der Waals surface area contributed by atoms with Gasteiger partial charge in [-0.3, -0.25) is 4.79 Å². The first-order chi connectivity index (χ1) is 8.99. The first-order valence-electron chi connectivity index (χ1n) is 5.41. The molecular formula is C13H10ClNO3S. The molecule has 0 saturated carbocycles. The Hall–Kier alpha value is -1.72. The van der Waals surface area contributed by atoms with Crippen molar-refractivity contribution in [2.45, 2.75) is 4.90 Å². The lowest BCUT2D eigenvalue weighted by Gasteiger charge is -2.04. The Morgan fingerprint density at radius 1 is 1.16 bits per heavy atom. The molecule has 0 saturated heterocycles. The van der Waals surface area contributed by atoms with E-state index in [1.54, 1.807) is 18.2 Å². The number of hydrogen-bond donors (Lipinski definition) is 0. The van der Waals surface area contributed by atoms with Crippen molar-refractivity contribution in [3.8, 4) is 0 Å². The highest BCUT2D eigenvalue weighted by atomic mass is 35.5. The van der Waals surface area contributed by atoms with Crippen molar-refractivity contribution in [2.24, 2.45) is 0 Å². The van der Waals surface area contributed by atoms with E-state index in [0.717, 1.165) is 0 Å². The molecule has 0 unspecified atom stereocenters. The van der Waals surface area contributed by atoms with Gasteiger partial charge in [-0.1, -0.05) is 29.8 Å². The van der Waals surface area contributed by atoms with Crippen molar-refractivity contribution < 1.29 is 13.2 Å². The number of aromatic nitrogens is 1. The van der Waals surface area contributed by atoms with Crippen molar-refractivity contribution in [2.75, 3.05) is 5.75 Å². The second-order valence-electron chi connectivity index (χ2n) is 3.86. The van der Waals surface area contributed by atoms with Gasteiger partial charge in [-0.2, -0.15) is 0 Å². The number of carbonyl (C=O) groups excluding carboxylic acids is 1. The van der Waals surface area contributed by atoms with Crippen LogP contribution < -0.4 is 0 Å². The van der Waals surface area contributed by atoms with E-state index < -0.39 is 21.4 Å². The fraction of sp³-hybridized carbons (Fsp3) is 0.0769. The van der Waals surface area contributed by atoms with E-state index in [1.807, 2.05) is 0 Å². The van der Waals surface area contributed by atoms with Crippen LogP contribution in [0.5, 0.6) is 0 Å². The molecule has 0 aliphatic heterocycles. The third kappa shape index (κ3) is 3.39. The zero-order valence-corrected chi connectivity index (χ0v) is 11.4. The lowest BCUT2D eigenvalue weighted by molar-refractivity contribution is 0.102. The smallest absolute Gasteiger partial charge is 0.185 e. The van der Waals surface area contributed by atoms with Crippen LogP contribution in [0.25, 0.3) is 0 Å². The van der Waals surface area contributed by atoms with E-state index in [4.69, 9.17) is 11.6 Å². The number of rotatable bonds is 4. The summed E-state index contributed by atoms with van der Waals surface area (Å²) < 4.78 is 24.1. The molecule has 0 amide bonds. The van der Waals surface area contributed by atoms with Gasteiger partial charge in [0.25, 0.3) is 0 Å². The molecule has 0 aliphatic carbocycles. The Labute approximate surface area is 116 Å². The number of pyridine rings is 1. The Balaban J connectivity index is 2.24. The summed E-state index contributed by atoms with van der Waals surface area (Å²) in [5.74, 6) is -1.09. The first-order valence-corrected chi connectivity index (χ1v) is 7.44. The third-order valence-electron chi connectivity index (χ3n) is 2.47. The molecule has 0 bridgehead atoms. The molecule has 4 nitrogen and oxygen atoms in total. The number of benzene rings is 1. The van der Waals surface area contributed by atoms with Crippen molar-refractivity contribution >= 4 is 27.2 Å². The average Bonchev–Trinajstić information content (AvgIpc) is 2.39. The largest absolute Gasteiger partial charge is 0.293 e. The summed E-state index contributed by atoms with van der Waals surface area (Å²) in [6.45, 7) is 0. The maximum absolute atomic E-state index is 12.0. The second kappa shape index (κ2) is 5.50. The number of hydrogen-bond acceptors (Lipinski definition) is 4. The molecule has 2 rings (SSSR count). The number of ketones is 1. The molecule has 6 heteroatoms. The molecule has 2 aromatic rings. The molecule has 0 spiro atoms. The Bertz CT molecular complexity index is 699. The van der Waals surface area contributed by atoms with Crippen LogP contribution in [0, 0.1) is 0 Å². The molecule has 98 valence electrons. The molecular weight excluding hydrogens is 286 g/mol. The highest BCUT2D eigenvalue weighted by Gasteiger charge is 2.20. The maximum atomic E-state index is 12.0. The Kier molecular flexibility index (Phi) is 3.97.